The van der Waals surface area contributed by atoms with E-state index >= 15 is 0 Å². The molecule has 0 radical (unpaired) electrons. The molecule has 1 aliphatic carbocycles. The van der Waals surface area contributed by atoms with Crippen LogP contribution < -0.4 is 10.9 Å². The van der Waals surface area contributed by atoms with Gasteiger partial charge in [0.2, 0.25) is 5.95 Å². The molecule has 0 unspecified atom stereocenters. The number of nitrogens with zero attached hydrogens (tertiary/aromatic N) is 6. The van der Waals surface area contributed by atoms with Crippen LogP contribution in [0.2, 0.25) is 0 Å². The van der Waals surface area contributed by atoms with Crippen molar-refractivity contribution < 1.29 is 13.2 Å². The van der Waals surface area contributed by atoms with Gasteiger partial charge in [-0.3, -0.25) is 14.3 Å². The maximum atomic E-state index is 14.0. The predicted octanol–water partition coefficient (Wildman–Crippen LogP) is 4.68. The number of fused-ring (bicyclic) bond motifs is 1. The van der Waals surface area contributed by atoms with Crippen LogP contribution in [0.15, 0.2) is 35.3 Å². The number of hydrogen-bond acceptors (Lipinski definition) is 7. The Bertz CT molecular complexity index is 1420. The quantitative estimate of drug-likeness (QED) is 0.500. The van der Waals surface area contributed by atoms with Gasteiger partial charge < -0.3 is 10.2 Å². The number of rotatable bonds is 6. The molecule has 1 aromatic carbocycles. The molecular weight excluding hydrogens is 495 g/mol. The van der Waals surface area contributed by atoms with Crippen LogP contribution >= 0.6 is 0 Å². The topological polar surface area (TPSA) is 90.1 Å². The van der Waals surface area contributed by atoms with Crippen LogP contribution in [0.5, 0.6) is 0 Å². The van der Waals surface area contributed by atoms with E-state index in [0.717, 1.165) is 64.5 Å². The minimum absolute atomic E-state index is 0.0234. The molecule has 8 nitrogen and oxygen atoms in total. The first-order valence-corrected chi connectivity index (χ1v) is 13.0. The zero-order chi connectivity index (χ0) is 26.9. The third-order valence-electron chi connectivity index (χ3n) is 7.56. The Morgan fingerprint density at radius 2 is 1.82 bits per heavy atom. The summed E-state index contributed by atoms with van der Waals surface area (Å²) in [5.74, 6) is 0.0879. The molecule has 1 N–H and O–H groups in total. The van der Waals surface area contributed by atoms with E-state index in [1.807, 2.05) is 11.0 Å². The fraction of sp³-hybridized carbons (Fsp3) is 0.481. The lowest BCUT2D eigenvalue weighted by Crippen LogP contribution is -2.45. The maximum absolute atomic E-state index is 14.0. The SMILES string of the molecule is CCN1CCN(Cc2ccc(Nc3ncc4cc(C#N)c(=O)n(C5CCCC5)c4n3)cc2C(F)(F)F)CC1. The molecule has 3 aromatic rings. The smallest absolute Gasteiger partial charge is 0.324 e. The Balaban J connectivity index is 1.45. The van der Waals surface area contributed by atoms with Crippen LogP contribution in [0.1, 0.15) is 55.3 Å². The average Bonchev–Trinajstić information content (AvgIpc) is 3.43. The molecule has 5 rings (SSSR count). The number of nitriles is 1. The lowest BCUT2D eigenvalue weighted by atomic mass is 10.0. The molecule has 38 heavy (non-hydrogen) atoms. The zero-order valence-electron chi connectivity index (χ0n) is 21.3. The monoisotopic (exact) mass is 525 g/mol. The molecule has 1 saturated carbocycles. The summed E-state index contributed by atoms with van der Waals surface area (Å²) >= 11 is 0. The number of aromatic nitrogens is 3. The first-order chi connectivity index (χ1) is 18.3. The van der Waals surface area contributed by atoms with Crippen LogP contribution in [0.25, 0.3) is 11.0 Å². The molecule has 11 heteroatoms. The van der Waals surface area contributed by atoms with Gasteiger partial charge in [-0.15, -0.1) is 0 Å². The fourth-order valence-electron chi connectivity index (χ4n) is 5.45. The second-order valence-electron chi connectivity index (χ2n) is 9.96. The van der Waals surface area contributed by atoms with Crippen molar-refractivity contribution >= 4 is 22.7 Å². The van der Waals surface area contributed by atoms with E-state index in [1.165, 1.54) is 18.3 Å². The average molecular weight is 526 g/mol. The van der Waals surface area contributed by atoms with Gasteiger partial charge in [0.1, 0.15) is 17.3 Å². The normalized spacial score (nSPS) is 17.7. The molecule has 0 atom stereocenters. The molecule has 1 saturated heterocycles. The first-order valence-electron chi connectivity index (χ1n) is 13.0. The van der Waals surface area contributed by atoms with E-state index in [4.69, 9.17) is 0 Å². The van der Waals surface area contributed by atoms with Crippen LogP contribution in [-0.2, 0) is 12.7 Å². The van der Waals surface area contributed by atoms with Gasteiger partial charge >= 0.3 is 6.18 Å². The highest BCUT2D eigenvalue weighted by atomic mass is 19.4. The number of piperazine rings is 1. The predicted molar refractivity (Wildman–Crippen MR) is 138 cm³/mol. The summed E-state index contributed by atoms with van der Waals surface area (Å²) in [6.07, 6.45) is 0.546. The van der Waals surface area contributed by atoms with E-state index < -0.39 is 17.3 Å². The minimum Gasteiger partial charge on any atom is -0.324 e. The Morgan fingerprint density at radius 1 is 1.11 bits per heavy atom. The van der Waals surface area contributed by atoms with Crippen molar-refractivity contribution in [1.82, 2.24) is 24.3 Å². The van der Waals surface area contributed by atoms with Gasteiger partial charge in [0.15, 0.2) is 0 Å². The second kappa shape index (κ2) is 10.7. The number of nitrogens with one attached hydrogen (secondary N) is 1. The van der Waals surface area contributed by atoms with Crippen LogP contribution in [-0.4, -0.2) is 57.1 Å². The van der Waals surface area contributed by atoms with E-state index in [2.05, 4.69) is 27.1 Å². The Hall–Kier alpha value is -3.49. The van der Waals surface area contributed by atoms with Crippen LogP contribution in [0, 0.1) is 11.3 Å². The molecule has 2 aliphatic rings. The van der Waals surface area contributed by atoms with Crippen molar-refractivity contribution in [3.63, 3.8) is 0 Å². The van der Waals surface area contributed by atoms with Crippen molar-refractivity contribution in [1.29, 1.82) is 5.26 Å². The van der Waals surface area contributed by atoms with Gasteiger partial charge in [-0.2, -0.15) is 23.4 Å². The number of anilines is 2. The van der Waals surface area contributed by atoms with Gasteiger partial charge in [0, 0.05) is 56.0 Å². The van der Waals surface area contributed by atoms with Crippen molar-refractivity contribution in [2.75, 3.05) is 38.0 Å². The highest BCUT2D eigenvalue weighted by Gasteiger charge is 2.34. The summed E-state index contributed by atoms with van der Waals surface area (Å²) in [5, 5.41) is 12.9. The first kappa shape index (κ1) is 26.1. The summed E-state index contributed by atoms with van der Waals surface area (Å²) < 4.78 is 43.7. The summed E-state index contributed by atoms with van der Waals surface area (Å²) in [6, 6.07) is 7.54. The lowest BCUT2D eigenvalue weighted by Gasteiger charge is -2.34. The number of pyridine rings is 1. The van der Waals surface area contributed by atoms with Gasteiger partial charge in [-0.05, 0) is 43.1 Å². The molecule has 3 heterocycles. The standard InChI is InChI=1S/C27H30F3N7O/c1-2-35-9-11-36(12-10-35)17-18-7-8-21(14-23(18)27(28,29)30)33-26-32-16-20-13-19(15-31)25(38)37(24(20)34-26)22-5-3-4-6-22/h7-8,13-14,16,22H,2-6,9-12,17H2,1H3,(H,32,33,34). The molecule has 1 aliphatic heterocycles. The summed E-state index contributed by atoms with van der Waals surface area (Å²) in [4.78, 5) is 26.1. The molecule has 0 spiro atoms. The van der Waals surface area contributed by atoms with Crippen molar-refractivity contribution in [2.45, 2.75) is 51.4 Å². The molecule has 2 fully saturated rings. The van der Waals surface area contributed by atoms with E-state index in [1.54, 1.807) is 10.6 Å². The van der Waals surface area contributed by atoms with E-state index in [9.17, 15) is 23.2 Å². The fourth-order valence-corrected chi connectivity index (χ4v) is 5.45. The summed E-state index contributed by atoms with van der Waals surface area (Å²) in [7, 11) is 0. The second-order valence-corrected chi connectivity index (χ2v) is 9.96. The molecule has 2 aromatic heterocycles. The number of likely N-dealkylation sites (N-methyl/N-ethyl adjacent to an activating group) is 1. The number of alkyl halides is 3. The van der Waals surface area contributed by atoms with Crippen molar-refractivity contribution in [3.8, 4) is 6.07 Å². The Kier molecular flexibility index (Phi) is 7.36. The third-order valence-corrected chi connectivity index (χ3v) is 7.56. The highest BCUT2D eigenvalue weighted by Crippen LogP contribution is 2.35. The Labute approximate surface area is 218 Å². The van der Waals surface area contributed by atoms with Crippen molar-refractivity contribution in [2.24, 2.45) is 0 Å². The van der Waals surface area contributed by atoms with E-state index in [0.29, 0.717) is 11.0 Å². The van der Waals surface area contributed by atoms with Crippen molar-refractivity contribution in [3.05, 3.63) is 57.5 Å². The van der Waals surface area contributed by atoms with E-state index in [-0.39, 0.29) is 35.3 Å². The molecule has 200 valence electrons. The molecular formula is C27H30F3N7O. The van der Waals surface area contributed by atoms with Gasteiger partial charge in [-0.1, -0.05) is 25.8 Å². The van der Waals surface area contributed by atoms with Crippen LogP contribution in [0.4, 0.5) is 24.8 Å². The maximum Gasteiger partial charge on any atom is 0.416 e. The van der Waals surface area contributed by atoms with Gasteiger partial charge in [0.25, 0.3) is 5.56 Å². The number of hydrogen-bond donors (Lipinski definition) is 1. The van der Waals surface area contributed by atoms with Gasteiger partial charge in [0.05, 0.1) is 5.56 Å². The number of benzene rings is 1. The highest BCUT2D eigenvalue weighted by molar-refractivity contribution is 5.77. The summed E-state index contributed by atoms with van der Waals surface area (Å²) in [5.41, 5.74) is -0.263. The minimum atomic E-state index is -4.51. The van der Waals surface area contributed by atoms with Crippen LogP contribution in [0.3, 0.4) is 0 Å². The van der Waals surface area contributed by atoms with Gasteiger partial charge in [-0.25, -0.2) is 4.98 Å². The third kappa shape index (κ3) is 5.37. The molecule has 0 bridgehead atoms. The Morgan fingerprint density at radius 3 is 2.47 bits per heavy atom. The lowest BCUT2D eigenvalue weighted by molar-refractivity contribution is -0.138. The molecule has 0 amide bonds. The summed E-state index contributed by atoms with van der Waals surface area (Å²) in [6.45, 7) is 6.40. The zero-order valence-corrected chi connectivity index (χ0v) is 21.3. The number of halogens is 3. The largest absolute Gasteiger partial charge is 0.416 e.